The van der Waals surface area contributed by atoms with Crippen LogP contribution in [0.3, 0.4) is 0 Å². The predicted molar refractivity (Wildman–Crippen MR) is 91.5 cm³/mol. The first-order valence-corrected chi connectivity index (χ1v) is 7.75. The maximum Gasteiger partial charge on any atom is 0.225 e. The summed E-state index contributed by atoms with van der Waals surface area (Å²) < 4.78 is 5.60. The molecule has 1 aliphatic carbocycles. The highest BCUT2D eigenvalue weighted by Crippen LogP contribution is 2.31. The highest BCUT2D eigenvalue weighted by Gasteiger charge is 2.37. The molecule has 0 spiro atoms. The molecule has 0 saturated heterocycles. The number of benzene rings is 1. The SMILES string of the molecule is Cc1ccc(OCCNC(=O)C2CCCCC2(C)N)cc1.Cl. The first-order chi connectivity index (χ1) is 9.99. The van der Waals surface area contributed by atoms with Gasteiger partial charge in [-0.1, -0.05) is 30.5 Å². The fraction of sp³-hybridized carbons (Fsp3) is 0.588. The zero-order valence-corrected chi connectivity index (χ0v) is 14.2. The van der Waals surface area contributed by atoms with Crippen molar-refractivity contribution in [3.8, 4) is 5.75 Å². The molecular formula is C17H27ClN2O2. The number of hydrogen-bond acceptors (Lipinski definition) is 3. The number of hydrogen-bond donors (Lipinski definition) is 2. The number of nitrogens with one attached hydrogen (secondary N) is 1. The van der Waals surface area contributed by atoms with Crippen LogP contribution in [0.5, 0.6) is 5.75 Å². The quantitative estimate of drug-likeness (QED) is 0.818. The first-order valence-electron chi connectivity index (χ1n) is 7.75. The van der Waals surface area contributed by atoms with Crippen molar-refractivity contribution in [1.82, 2.24) is 5.32 Å². The van der Waals surface area contributed by atoms with Crippen molar-refractivity contribution in [2.24, 2.45) is 11.7 Å². The Balaban J connectivity index is 0.00000242. The summed E-state index contributed by atoms with van der Waals surface area (Å²) in [4.78, 5) is 12.2. The van der Waals surface area contributed by atoms with Gasteiger partial charge in [0.15, 0.2) is 0 Å². The van der Waals surface area contributed by atoms with E-state index in [0.717, 1.165) is 31.4 Å². The molecule has 22 heavy (non-hydrogen) atoms. The molecule has 0 radical (unpaired) electrons. The summed E-state index contributed by atoms with van der Waals surface area (Å²) in [5.41, 5.74) is 7.07. The van der Waals surface area contributed by atoms with Gasteiger partial charge in [0.2, 0.25) is 5.91 Å². The summed E-state index contributed by atoms with van der Waals surface area (Å²) in [6, 6.07) is 7.90. The van der Waals surface area contributed by atoms with E-state index in [9.17, 15) is 4.79 Å². The molecule has 1 aromatic carbocycles. The summed E-state index contributed by atoms with van der Waals surface area (Å²) in [7, 11) is 0. The molecule has 1 fully saturated rings. The second kappa shape index (κ2) is 8.39. The number of ether oxygens (including phenoxy) is 1. The minimum Gasteiger partial charge on any atom is -0.492 e. The van der Waals surface area contributed by atoms with Gasteiger partial charge in [0.25, 0.3) is 0 Å². The van der Waals surface area contributed by atoms with Gasteiger partial charge in [-0.05, 0) is 38.8 Å². The second-order valence-electron chi connectivity index (χ2n) is 6.26. The fourth-order valence-corrected chi connectivity index (χ4v) is 2.89. The summed E-state index contributed by atoms with van der Waals surface area (Å²) >= 11 is 0. The number of aryl methyl sites for hydroxylation is 1. The topological polar surface area (TPSA) is 64.3 Å². The van der Waals surface area contributed by atoms with Crippen molar-refractivity contribution in [2.75, 3.05) is 13.2 Å². The molecule has 0 heterocycles. The van der Waals surface area contributed by atoms with Crippen molar-refractivity contribution >= 4 is 18.3 Å². The third kappa shape index (κ3) is 5.18. The summed E-state index contributed by atoms with van der Waals surface area (Å²) in [5, 5.41) is 2.95. The van der Waals surface area contributed by atoms with Gasteiger partial charge in [-0.25, -0.2) is 0 Å². The van der Waals surface area contributed by atoms with E-state index >= 15 is 0 Å². The Morgan fingerprint density at radius 2 is 2.05 bits per heavy atom. The lowest BCUT2D eigenvalue weighted by Crippen LogP contribution is -2.53. The van der Waals surface area contributed by atoms with Gasteiger partial charge in [0.05, 0.1) is 12.5 Å². The van der Waals surface area contributed by atoms with Crippen LogP contribution in [0.2, 0.25) is 0 Å². The van der Waals surface area contributed by atoms with Crippen LogP contribution in [-0.4, -0.2) is 24.6 Å². The lowest BCUT2D eigenvalue weighted by Gasteiger charge is -2.37. The van der Waals surface area contributed by atoms with Gasteiger partial charge in [0.1, 0.15) is 12.4 Å². The van der Waals surface area contributed by atoms with Crippen LogP contribution in [0.15, 0.2) is 24.3 Å². The number of halogens is 1. The van der Waals surface area contributed by atoms with E-state index < -0.39 is 0 Å². The summed E-state index contributed by atoms with van der Waals surface area (Å²) in [5.74, 6) is 0.814. The molecule has 124 valence electrons. The van der Waals surface area contributed by atoms with Crippen LogP contribution in [-0.2, 0) is 4.79 Å². The van der Waals surface area contributed by atoms with Crippen LogP contribution >= 0.6 is 12.4 Å². The monoisotopic (exact) mass is 326 g/mol. The van der Waals surface area contributed by atoms with E-state index in [1.807, 2.05) is 38.1 Å². The molecule has 2 unspecified atom stereocenters. The highest BCUT2D eigenvalue weighted by molar-refractivity contribution is 5.85. The Bertz CT molecular complexity index is 474. The molecule has 0 aliphatic heterocycles. The average Bonchev–Trinajstić information content (AvgIpc) is 2.45. The Hall–Kier alpha value is -1.26. The first kappa shape index (κ1) is 18.8. The van der Waals surface area contributed by atoms with Crippen LogP contribution < -0.4 is 15.8 Å². The Morgan fingerprint density at radius 3 is 2.68 bits per heavy atom. The van der Waals surface area contributed by atoms with E-state index in [0.29, 0.717) is 13.2 Å². The minimum absolute atomic E-state index is 0. The molecule has 4 nitrogen and oxygen atoms in total. The van der Waals surface area contributed by atoms with Crippen LogP contribution in [0.25, 0.3) is 0 Å². The molecule has 1 amide bonds. The van der Waals surface area contributed by atoms with Crippen molar-refractivity contribution in [2.45, 2.75) is 45.1 Å². The number of carbonyl (C=O) groups is 1. The third-order valence-corrected chi connectivity index (χ3v) is 4.26. The van der Waals surface area contributed by atoms with Crippen LogP contribution in [0.4, 0.5) is 0 Å². The number of nitrogens with two attached hydrogens (primary N) is 1. The number of rotatable bonds is 5. The molecule has 0 aromatic heterocycles. The zero-order chi connectivity index (χ0) is 15.3. The maximum absolute atomic E-state index is 12.2. The molecule has 1 aliphatic rings. The molecule has 2 rings (SSSR count). The molecule has 2 atom stereocenters. The molecule has 5 heteroatoms. The predicted octanol–water partition coefficient (Wildman–Crippen LogP) is 2.82. The standard InChI is InChI=1S/C17H26N2O2.ClH/c1-13-6-8-14(9-7-13)21-12-11-19-16(20)15-5-3-4-10-17(15,2)18;/h6-9,15H,3-5,10-12,18H2,1-2H3,(H,19,20);1H. The fourth-order valence-electron chi connectivity index (χ4n) is 2.89. The highest BCUT2D eigenvalue weighted by atomic mass is 35.5. The molecule has 0 bridgehead atoms. The van der Waals surface area contributed by atoms with Gasteiger partial charge in [-0.2, -0.15) is 0 Å². The van der Waals surface area contributed by atoms with E-state index in [1.54, 1.807) is 0 Å². The molecule has 3 N–H and O–H groups in total. The molecular weight excluding hydrogens is 300 g/mol. The molecule has 1 saturated carbocycles. The maximum atomic E-state index is 12.2. The largest absolute Gasteiger partial charge is 0.492 e. The lowest BCUT2D eigenvalue weighted by atomic mass is 9.74. The Labute approximate surface area is 139 Å². The summed E-state index contributed by atoms with van der Waals surface area (Å²) in [6.45, 7) is 5.01. The number of carbonyl (C=O) groups excluding carboxylic acids is 1. The van der Waals surface area contributed by atoms with Gasteiger partial charge in [0, 0.05) is 5.54 Å². The average molecular weight is 327 g/mol. The van der Waals surface area contributed by atoms with E-state index in [4.69, 9.17) is 10.5 Å². The van der Waals surface area contributed by atoms with Crippen molar-refractivity contribution in [1.29, 1.82) is 0 Å². The number of amides is 1. The van der Waals surface area contributed by atoms with Gasteiger partial charge in [-0.3, -0.25) is 4.79 Å². The van der Waals surface area contributed by atoms with Crippen LogP contribution in [0, 0.1) is 12.8 Å². The Kier molecular flexibility index (Phi) is 7.17. The third-order valence-electron chi connectivity index (χ3n) is 4.26. The zero-order valence-electron chi connectivity index (χ0n) is 13.4. The lowest BCUT2D eigenvalue weighted by molar-refractivity contribution is -0.128. The van der Waals surface area contributed by atoms with E-state index in [2.05, 4.69) is 5.32 Å². The normalized spacial score (nSPS) is 24.2. The minimum atomic E-state index is -0.375. The van der Waals surface area contributed by atoms with Crippen LogP contribution in [0.1, 0.15) is 38.2 Å². The summed E-state index contributed by atoms with van der Waals surface area (Å²) in [6.07, 6.45) is 4.01. The molecule has 1 aromatic rings. The van der Waals surface area contributed by atoms with Gasteiger partial charge >= 0.3 is 0 Å². The van der Waals surface area contributed by atoms with Gasteiger partial charge < -0.3 is 15.8 Å². The van der Waals surface area contributed by atoms with Crippen molar-refractivity contribution in [3.05, 3.63) is 29.8 Å². The van der Waals surface area contributed by atoms with Crippen molar-refractivity contribution in [3.63, 3.8) is 0 Å². The van der Waals surface area contributed by atoms with E-state index in [1.165, 1.54) is 5.56 Å². The van der Waals surface area contributed by atoms with Gasteiger partial charge in [-0.15, -0.1) is 12.4 Å². The smallest absolute Gasteiger partial charge is 0.225 e. The van der Waals surface area contributed by atoms with E-state index in [-0.39, 0.29) is 29.8 Å². The Morgan fingerprint density at radius 1 is 1.36 bits per heavy atom. The van der Waals surface area contributed by atoms with Crippen molar-refractivity contribution < 1.29 is 9.53 Å². The second-order valence-corrected chi connectivity index (χ2v) is 6.26.